The van der Waals surface area contributed by atoms with Gasteiger partial charge in [0.05, 0.1) is 19.0 Å². The standard InChI is InChI=1S/C16H22ClN3O2/c17-14-5-1-3-12(9-14)6-7-19-15(21)11-20-8-2-4-13(10-20)16(18)22/h1,3,5,9,13H,2,4,6-8,10-11H2,(H2,18,22)(H,19,21)/p+1/t13-/m1/s1. The molecule has 0 bridgehead atoms. The lowest BCUT2D eigenvalue weighted by Gasteiger charge is -2.27. The van der Waals surface area contributed by atoms with Crippen LogP contribution in [0.5, 0.6) is 0 Å². The van der Waals surface area contributed by atoms with E-state index in [0.29, 0.717) is 24.7 Å². The summed E-state index contributed by atoms with van der Waals surface area (Å²) in [6.07, 6.45) is 2.54. The van der Waals surface area contributed by atoms with E-state index in [0.717, 1.165) is 36.3 Å². The van der Waals surface area contributed by atoms with Crippen LogP contribution in [-0.4, -0.2) is 38.0 Å². The summed E-state index contributed by atoms with van der Waals surface area (Å²) in [6, 6.07) is 7.63. The van der Waals surface area contributed by atoms with Gasteiger partial charge in [0.1, 0.15) is 0 Å². The first-order valence-corrected chi connectivity index (χ1v) is 8.06. The van der Waals surface area contributed by atoms with Crippen LogP contribution in [0.2, 0.25) is 5.02 Å². The molecule has 2 rings (SSSR count). The van der Waals surface area contributed by atoms with Crippen LogP contribution in [0.25, 0.3) is 0 Å². The lowest BCUT2D eigenvalue weighted by Crippen LogP contribution is -3.15. The summed E-state index contributed by atoms with van der Waals surface area (Å²) in [5.74, 6) is -0.330. The Kier molecular flexibility index (Phi) is 6.21. The Hall–Kier alpha value is -1.59. The number of halogens is 1. The molecule has 6 heteroatoms. The molecule has 0 radical (unpaired) electrons. The lowest BCUT2D eigenvalue weighted by atomic mass is 9.97. The number of rotatable bonds is 6. The molecule has 1 aliphatic rings. The summed E-state index contributed by atoms with van der Waals surface area (Å²) in [5.41, 5.74) is 6.46. The van der Waals surface area contributed by atoms with Gasteiger partial charge in [-0.25, -0.2) is 0 Å². The number of quaternary nitrogens is 1. The Labute approximate surface area is 135 Å². The van der Waals surface area contributed by atoms with E-state index in [1.54, 1.807) is 0 Å². The van der Waals surface area contributed by atoms with E-state index in [1.807, 2.05) is 24.3 Å². The van der Waals surface area contributed by atoms with Gasteiger partial charge in [0.25, 0.3) is 5.91 Å². The number of primary amides is 1. The van der Waals surface area contributed by atoms with Gasteiger partial charge in [-0.05, 0) is 37.0 Å². The van der Waals surface area contributed by atoms with Gasteiger partial charge < -0.3 is 16.0 Å². The third-order valence-electron chi connectivity index (χ3n) is 4.06. The number of nitrogens with one attached hydrogen (secondary N) is 2. The van der Waals surface area contributed by atoms with Crippen molar-refractivity contribution in [3.05, 3.63) is 34.9 Å². The minimum atomic E-state index is -0.251. The van der Waals surface area contributed by atoms with E-state index >= 15 is 0 Å². The second-order valence-corrected chi connectivity index (χ2v) is 6.29. The fraction of sp³-hybridized carbons (Fsp3) is 0.500. The Balaban J connectivity index is 1.70. The number of carbonyl (C=O) groups is 2. The van der Waals surface area contributed by atoms with E-state index in [-0.39, 0.29) is 17.7 Å². The topological polar surface area (TPSA) is 76.6 Å². The summed E-state index contributed by atoms with van der Waals surface area (Å²) >= 11 is 5.93. The smallest absolute Gasteiger partial charge is 0.275 e. The van der Waals surface area contributed by atoms with Gasteiger partial charge in [-0.2, -0.15) is 0 Å². The van der Waals surface area contributed by atoms with Crippen LogP contribution >= 0.6 is 11.6 Å². The molecule has 1 unspecified atom stereocenters. The molecular weight excluding hydrogens is 302 g/mol. The molecule has 0 saturated carbocycles. The highest BCUT2D eigenvalue weighted by molar-refractivity contribution is 6.30. The van der Waals surface area contributed by atoms with Crippen molar-refractivity contribution in [2.45, 2.75) is 19.3 Å². The first kappa shape index (κ1) is 16.8. The largest absolute Gasteiger partial charge is 0.369 e. The Morgan fingerprint density at radius 2 is 2.23 bits per heavy atom. The number of hydrogen-bond donors (Lipinski definition) is 3. The maximum atomic E-state index is 12.0. The zero-order valence-corrected chi connectivity index (χ0v) is 13.4. The molecule has 22 heavy (non-hydrogen) atoms. The van der Waals surface area contributed by atoms with Crippen LogP contribution < -0.4 is 16.0 Å². The highest BCUT2D eigenvalue weighted by Crippen LogP contribution is 2.10. The Morgan fingerprint density at radius 1 is 1.41 bits per heavy atom. The Morgan fingerprint density at radius 3 is 2.95 bits per heavy atom. The monoisotopic (exact) mass is 324 g/mol. The average Bonchev–Trinajstić information content (AvgIpc) is 2.47. The molecule has 0 aliphatic carbocycles. The van der Waals surface area contributed by atoms with E-state index in [1.165, 1.54) is 0 Å². The van der Waals surface area contributed by atoms with Gasteiger partial charge in [-0.15, -0.1) is 0 Å². The minimum Gasteiger partial charge on any atom is -0.369 e. The molecule has 120 valence electrons. The summed E-state index contributed by atoms with van der Waals surface area (Å²) in [5, 5.41) is 3.63. The average molecular weight is 325 g/mol. The van der Waals surface area contributed by atoms with Crippen molar-refractivity contribution in [3.8, 4) is 0 Å². The van der Waals surface area contributed by atoms with Gasteiger partial charge in [-0.1, -0.05) is 23.7 Å². The molecule has 2 amide bonds. The molecular formula is C16H23ClN3O2+. The van der Waals surface area contributed by atoms with Crippen LogP contribution in [0.4, 0.5) is 0 Å². The van der Waals surface area contributed by atoms with Crippen molar-refractivity contribution in [3.63, 3.8) is 0 Å². The minimum absolute atomic E-state index is 0.0159. The van der Waals surface area contributed by atoms with Crippen molar-refractivity contribution < 1.29 is 14.5 Å². The van der Waals surface area contributed by atoms with Gasteiger partial charge >= 0.3 is 0 Å². The molecule has 4 N–H and O–H groups in total. The number of hydrogen-bond acceptors (Lipinski definition) is 2. The predicted molar refractivity (Wildman–Crippen MR) is 85.6 cm³/mol. The zero-order chi connectivity index (χ0) is 15.9. The van der Waals surface area contributed by atoms with Crippen molar-refractivity contribution in [2.24, 2.45) is 11.7 Å². The maximum absolute atomic E-state index is 12.0. The third kappa shape index (κ3) is 5.31. The normalized spacial score (nSPS) is 21.3. The third-order valence-corrected chi connectivity index (χ3v) is 4.29. The highest BCUT2D eigenvalue weighted by atomic mass is 35.5. The lowest BCUT2D eigenvalue weighted by molar-refractivity contribution is -0.899. The predicted octanol–water partition coefficient (Wildman–Crippen LogP) is -0.221. The van der Waals surface area contributed by atoms with E-state index in [9.17, 15) is 9.59 Å². The number of carbonyl (C=O) groups excluding carboxylic acids is 2. The van der Waals surface area contributed by atoms with Crippen LogP contribution in [0, 0.1) is 5.92 Å². The second kappa shape index (κ2) is 8.15. The Bertz CT molecular complexity index is 536. The summed E-state index contributed by atoms with van der Waals surface area (Å²) in [4.78, 5) is 24.3. The molecule has 2 atom stereocenters. The molecule has 1 fully saturated rings. The molecule has 0 aromatic heterocycles. The van der Waals surface area contributed by atoms with Crippen LogP contribution in [0.3, 0.4) is 0 Å². The van der Waals surface area contributed by atoms with Gasteiger partial charge in [0, 0.05) is 11.6 Å². The summed E-state index contributed by atoms with van der Waals surface area (Å²) < 4.78 is 0. The SMILES string of the molecule is NC(=O)[C@@H]1CCC[NH+](CC(=O)NCCc2cccc(Cl)c2)C1. The van der Waals surface area contributed by atoms with E-state index in [2.05, 4.69) is 5.32 Å². The number of amides is 2. The first-order chi connectivity index (χ1) is 10.5. The number of piperidine rings is 1. The molecule has 1 aromatic rings. The molecule has 1 saturated heterocycles. The van der Waals surface area contributed by atoms with E-state index < -0.39 is 0 Å². The molecule has 1 aliphatic heterocycles. The van der Waals surface area contributed by atoms with Crippen LogP contribution in [-0.2, 0) is 16.0 Å². The summed E-state index contributed by atoms with van der Waals surface area (Å²) in [6.45, 7) is 2.58. The van der Waals surface area contributed by atoms with Crippen molar-refractivity contribution in [1.29, 1.82) is 0 Å². The van der Waals surface area contributed by atoms with Gasteiger partial charge in [0.15, 0.2) is 6.54 Å². The molecule has 0 spiro atoms. The highest BCUT2D eigenvalue weighted by Gasteiger charge is 2.28. The molecule has 1 aromatic carbocycles. The quantitative estimate of drug-likeness (QED) is 0.676. The van der Waals surface area contributed by atoms with Crippen LogP contribution in [0.1, 0.15) is 18.4 Å². The van der Waals surface area contributed by atoms with Crippen LogP contribution in [0.15, 0.2) is 24.3 Å². The molecule has 1 heterocycles. The fourth-order valence-electron chi connectivity index (χ4n) is 2.88. The number of benzene rings is 1. The van der Waals surface area contributed by atoms with Crippen molar-refractivity contribution in [2.75, 3.05) is 26.2 Å². The van der Waals surface area contributed by atoms with Gasteiger partial charge in [0.2, 0.25) is 5.91 Å². The number of likely N-dealkylation sites (tertiary alicyclic amines) is 1. The second-order valence-electron chi connectivity index (χ2n) is 5.85. The maximum Gasteiger partial charge on any atom is 0.275 e. The van der Waals surface area contributed by atoms with Gasteiger partial charge in [-0.3, -0.25) is 9.59 Å². The number of nitrogens with two attached hydrogens (primary N) is 1. The zero-order valence-electron chi connectivity index (χ0n) is 12.6. The first-order valence-electron chi connectivity index (χ1n) is 7.68. The fourth-order valence-corrected chi connectivity index (χ4v) is 3.10. The molecule has 5 nitrogen and oxygen atoms in total. The summed E-state index contributed by atoms with van der Waals surface area (Å²) in [7, 11) is 0. The van der Waals surface area contributed by atoms with E-state index in [4.69, 9.17) is 17.3 Å². The van der Waals surface area contributed by atoms with Crippen molar-refractivity contribution in [1.82, 2.24) is 5.32 Å². The van der Waals surface area contributed by atoms with Crippen molar-refractivity contribution >= 4 is 23.4 Å².